The number of hydrogen-bond acceptors (Lipinski definition) is 5. The standard InChI is InChI=1S/C22H29NO5/c1-13(28-21(25)17-7-18(26-2)9-19(8-17)27-3)20(24)23-22-10-14-4-15(11-22)6-16(5-14)12-22/h7-9,13-16H,4-6,10-12H2,1-3H3,(H,23,24)/t13-,14?,15?,16?,22?/m0/s1. The predicted octanol–water partition coefficient (Wildman–Crippen LogP) is 3.33. The van der Waals surface area contributed by atoms with Gasteiger partial charge in [-0.1, -0.05) is 0 Å². The van der Waals surface area contributed by atoms with E-state index in [0.29, 0.717) is 17.1 Å². The summed E-state index contributed by atoms with van der Waals surface area (Å²) in [6, 6.07) is 4.84. The summed E-state index contributed by atoms with van der Waals surface area (Å²) in [7, 11) is 3.04. The Morgan fingerprint density at radius 2 is 1.46 bits per heavy atom. The van der Waals surface area contributed by atoms with Gasteiger partial charge in [0.25, 0.3) is 5.91 Å². The number of carbonyl (C=O) groups excluding carboxylic acids is 2. The van der Waals surface area contributed by atoms with Crippen molar-refractivity contribution in [1.82, 2.24) is 5.32 Å². The molecular formula is C22H29NO5. The number of hydrogen-bond donors (Lipinski definition) is 1. The number of benzene rings is 1. The molecular weight excluding hydrogens is 358 g/mol. The van der Waals surface area contributed by atoms with E-state index in [4.69, 9.17) is 14.2 Å². The first-order chi connectivity index (χ1) is 13.4. The van der Waals surface area contributed by atoms with Gasteiger partial charge in [-0.2, -0.15) is 0 Å². The van der Waals surface area contributed by atoms with Crippen molar-refractivity contribution in [2.45, 2.75) is 57.1 Å². The number of nitrogens with one attached hydrogen (secondary N) is 1. The summed E-state index contributed by atoms with van der Waals surface area (Å²) in [5.74, 6) is 2.46. The zero-order valence-electron chi connectivity index (χ0n) is 16.8. The van der Waals surface area contributed by atoms with Crippen molar-refractivity contribution >= 4 is 11.9 Å². The monoisotopic (exact) mass is 387 g/mol. The molecule has 4 fully saturated rings. The summed E-state index contributed by atoms with van der Waals surface area (Å²) in [5, 5.41) is 3.26. The molecule has 1 aromatic carbocycles. The molecule has 4 saturated carbocycles. The van der Waals surface area contributed by atoms with Crippen LogP contribution in [-0.4, -0.2) is 37.7 Å². The van der Waals surface area contributed by atoms with Gasteiger partial charge in [-0.15, -0.1) is 0 Å². The van der Waals surface area contributed by atoms with Crippen LogP contribution < -0.4 is 14.8 Å². The molecule has 152 valence electrons. The molecule has 0 aromatic heterocycles. The minimum Gasteiger partial charge on any atom is -0.497 e. The smallest absolute Gasteiger partial charge is 0.339 e. The fraction of sp³-hybridized carbons (Fsp3) is 0.636. The van der Waals surface area contributed by atoms with Crippen molar-refractivity contribution in [2.24, 2.45) is 17.8 Å². The lowest BCUT2D eigenvalue weighted by molar-refractivity contribution is -0.134. The quantitative estimate of drug-likeness (QED) is 0.758. The fourth-order valence-corrected chi connectivity index (χ4v) is 5.83. The van der Waals surface area contributed by atoms with Crippen LogP contribution in [0, 0.1) is 17.8 Å². The van der Waals surface area contributed by atoms with Crippen molar-refractivity contribution in [3.8, 4) is 11.5 Å². The summed E-state index contributed by atoms with van der Waals surface area (Å²) in [4.78, 5) is 25.3. The summed E-state index contributed by atoms with van der Waals surface area (Å²) in [6.07, 6.45) is 6.30. The molecule has 4 bridgehead atoms. The lowest BCUT2D eigenvalue weighted by atomic mass is 9.53. The van der Waals surface area contributed by atoms with E-state index >= 15 is 0 Å². The van der Waals surface area contributed by atoms with Gasteiger partial charge >= 0.3 is 5.97 Å². The van der Waals surface area contributed by atoms with Crippen LogP contribution in [-0.2, 0) is 9.53 Å². The van der Waals surface area contributed by atoms with Gasteiger partial charge in [0.2, 0.25) is 0 Å². The van der Waals surface area contributed by atoms with E-state index in [0.717, 1.165) is 37.0 Å². The number of rotatable bonds is 6. The molecule has 0 heterocycles. The van der Waals surface area contributed by atoms with E-state index in [-0.39, 0.29) is 11.4 Å². The van der Waals surface area contributed by atoms with Crippen LogP contribution in [0.15, 0.2) is 18.2 Å². The first-order valence-corrected chi connectivity index (χ1v) is 10.2. The normalized spacial score (nSPS) is 31.2. The van der Waals surface area contributed by atoms with Crippen molar-refractivity contribution < 1.29 is 23.8 Å². The number of carbonyl (C=O) groups is 2. The van der Waals surface area contributed by atoms with Gasteiger partial charge in [0.05, 0.1) is 19.8 Å². The van der Waals surface area contributed by atoms with Crippen molar-refractivity contribution in [3.05, 3.63) is 23.8 Å². The average Bonchev–Trinajstić information content (AvgIpc) is 2.65. The molecule has 4 aliphatic rings. The topological polar surface area (TPSA) is 73.9 Å². The molecule has 0 spiro atoms. The van der Waals surface area contributed by atoms with Crippen molar-refractivity contribution in [2.75, 3.05) is 14.2 Å². The van der Waals surface area contributed by atoms with Crippen LogP contribution in [0.1, 0.15) is 55.8 Å². The molecule has 0 aliphatic heterocycles. The second-order valence-corrected chi connectivity index (χ2v) is 8.84. The van der Waals surface area contributed by atoms with E-state index in [9.17, 15) is 9.59 Å². The lowest BCUT2D eigenvalue weighted by Crippen LogP contribution is -2.61. The predicted molar refractivity (Wildman–Crippen MR) is 103 cm³/mol. The summed E-state index contributed by atoms with van der Waals surface area (Å²) >= 11 is 0. The van der Waals surface area contributed by atoms with Crippen LogP contribution in [0.2, 0.25) is 0 Å². The molecule has 1 N–H and O–H groups in total. The van der Waals surface area contributed by atoms with Gasteiger partial charge in [0, 0.05) is 11.6 Å². The van der Waals surface area contributed by atoms with E-state index < -0.39 is 12.1 Å². The maximum absolute atomic E-state index is 12.8. The number of amides is 1. The highest BCUT2D eigenvalue weighted by molar-refractivity contribution is 5.93. The maximum atomic E-state index is 12.8. The highest BCUT2D eigenvalue weighted by atomic mass is 16.5. The van der Waals surface area contributed by atoms with Gasteiger partial charge in [-0.05, 0) is 75.3 Å². The zero-order valence-corrected chi connectivity index (χ0v) is 16.8. The third kappa shape index (κ3) is 3.69. The molecule has 0 unspecified atom stereocenters. The van der Waals surface area contributed by atoms with Gasteiger partial charge in [-0.3, -0.25) is 4.79 Å². The number of ether oxygens (including phenoxy) is 3. The van der Waals surface area contributed by atoms with Gasteiger partial charge in [0.15, 0.2) is 6.10 Å². The Labute approximate surface area is 165 Å². The van der Waals surface area contributed by atoms with Gasteiger partial charge in [-0.25, -0.2) is 4.79 Å². The second-order valence-electron chi connectivity index (χ2n) is 8.84. The minimum atomic E-state index is -0.849. The zero-order chi connectivity index (χ0) is 19.9. The second kappa shape index (κ2) is 7.30. The molecule has 4 aliphatic carbocycles. The summed E-state index contributed by atoms with van der Waals surface area (Å²) in [6.45, 7) is 1.63. The highest BCUT2D eigenvalue weighted by Crippen LogP contribution is 2.55. The Morgan fingerprint density at radius 1 is 0.964 bits per heavy atom. The number of methoxy groups -OCH3 is 2. The number of esters is 1. The SMILES string of the molecule is COc1cc(OC)cc(C(=O)O[C@@H](C)C(=O)NC23CC4CC(CC(C4)C2)C3)c1. The summed E-state index contributed by atoms with van der Waals surface area (Å²) < 4.78 is 15.8. The average molecular weight is 387 g/mol. The molecule has 0 saturated heterocycles. The first-order valence-electron chi connectivity index (χ1n) is 10.2. The molecule has 28 heavy (non-hydrogen) atoms. The van der Waals surface area contributed by atoms with E-state index in [1.807, 2.05) is 0 Å². The lowest BCUT2D eigenvalue weighted by Gasteiger charge is -2.57. The maximum Gasteiger partial charge on any atom is 0.339 e. The molecule has 0 radical (unpaired) electrons. The summed E-state index contributed by atoms with van der Waals surface area (Å²) in [5.41, 5.74) is 0.205. The fourth-order valence-electron chi connectivity index (χ4n) is 5.83. The van der Waals surface area contributed by atoms with E-state index in [1.165, 1.54) is 33.5 Å². The Balaban J connectivity index is 1.40. The van der Waals surface area contributed by atoms with Crippen LogP contribution >= 0.6 is 0 Å². The van der Waals surface area contributed by atoms with E-state index in [1.54, 1.807) is 25.1 Å². The minimum absolute atomic E-state index is 0.0916. The Hall–Kier alpha value is -2.24. The van der Waals surface area contributed by atoms with Crippen molar-refractivity contribution in [3.63, 3.8) is 0 Å². The molecule has 6 heteroatoms. The third-order valence-electron chi connectivity index (χ3n) is 6.67. The Morgan fingerprint density at radius 3 is 1.93 bits per heavy atom. The molecule has 1 aromatic rings. The van der Waals surface area contributed by atoms with Gasteiger partial charge < -0.3 is 19.5 Å². The Kier molecular flexibility index (Phi) is 4.98. The molecule has 6 nitrogen and oxygen atoms in total. The largest absolute Gasteiger partial charge is 0.497 e. The van der Waals surface area contributed by atoms with Gasteiger partial charge in [0.1, 0.15) is 11.5 Å². The van der Waals surface area contributed by atoms with Crippen LogP contribution in [0.3, 0.4) is 0 Å². The van der Waals surface area contributed by atoms with Crippen LogP contribution in [0.25, 0.3) is 0 Å². The van der Waals surface area contributed by atoms with Crippen LogP contribution in [0.4, 0.5) is 0 Å². The van der Waals surface area contributed by atoms with E-state index in [2.05, 4.69) is 5.32 Å². The Bertz CT molecular complexity index is 717. The molecule has 5 rings (SSSR count). The molecule has 1 atom stereocenters. The molecule has 1 amide bonds. The van der Waals surface area contributed by atoms with Crippen LogP contribution in [0.5, 0.6) is 11.5 Å². The highest BCUT2D eigenvalue weighted by Gasteiger charge is 2.51. The van der Waals surface area contributed by atoms with Crippen molar-refractivity contribution in [1.29, 1.82) is 0 Å². The first kappa shape index (κ1) is 19.1. The third-order valence-corrected chi connectivity index (χ3v) is 6.67.